The van der Waals surface area contributed by atoms with Crippen molar-refractivity contribution in [3.63, 3.8) is 0 Å². The molecule has 1 aliphatic heterocycles. The van der Waals surface area contributed by atoms with Gasteiger partial charge in [-0.3, -0.25) is 4.79 Å². The van der Waals surface area contributed by atoms with E-state index in [2.05, 4.69) is 15.3 Å². The highest BCUT2D eigenvalue weighted by atomic mass is 16.3. The second kappa shape index (κ2) is 7.93. The monoisotopic (exact) mass is 292 g/mol. The van der Waals surface area contributed by atoms with Crippen molar-refractivity contribution >= 4 is 11.9 Å². The molecule has 2 rings (SSSR count). The van der Waals surface area contributed by atoms with Crippen molar-refractivity contribution in [1.82, 2.24) is 15.3 Å². The number of hydrogen-bond donors (Lipinski definition) is 2. The van der Waals surface area contributed by atoms with E-state index in [1.165, 1.54) is 0 Å². The smallest absolute Gasteiger partial charge is 0.242 e. The number of anilines is 1. The third-order valence-corrected chi connectivity index (χ3v) is 3.85. The summed E-state index contributed by atoms with van der Waals surface area (Å²) in [4.78, 5) is 22.7. The molecule has 6 heteroatoms. The second-order valence-electron chi connectivity index (χ2n) is 5.62. The Labute approximate surface area is 125 Å². The summed E-state index contributed by atoms with van der Waals surface area (Å²) in [6, 6.07) is 1.61. The zero-order valence-electron chi connectivity index (χ0n) is 12.5. The summed E-state index contributed by atoms with van der Waals surface area (Å²) in [5, 5.41) is 12.0. The minimum Gasteiger partial charge on any atom is -0.396 e. The van der Waals surface area contributed by atoms with Crippen LogP contribution < -0.4 is 10.2 Å². The summed E-state index contributed by atoms with van der Waals surface area (Å²) in [5.41, 5.74) is 0. The first-order valence-corrected chi connectivity index (χ1v) is 7.64. The van der Waals surface area contributed by atoms with Crippen molar-refractivity contribution in [3.05, 3.63) is 18.5 Å². The third kappa shape index (κ3) is 4.39. The molecule has 21 heavy (non-hydrogen) atoms. The van der Waals surface area contributed by atoms with Crippen LogP contribution in [0.5, 0.6) is 0 Å². The van der Waals surface area contributed by atoms with Gasteiger partial charge in [0, 0.05) is 32.1 Å². The predicted molar refractivity (Wildman–Crippen MR) is 80.9 cm³/mol. The minimum absolute atomic E-state index is 0.0524. The molecule has 0 bridgehead atoms. The summed E-state index contributed by atoms with van der Waals surface area (Å²) in [5.74, 6) is 0.975. The van der Waals surface area contributed by atoms with E-state index in [0.29, 0.717) is 18.4 Å². The summed E-state index contributed by atoms with van der Waals surface area (Å²) in [6.07, 6.45) is 7.04. The van der Waals surface area contributed by atoms with E-state index in [0.717, 1.165) is 32.2 Å². The highest BCUT2D eigenvalue weighted by Gasteiger charge is 2.31. The lowest BCUT2D eigenvalue weighted by atomic mass is 10.1. The van der Waals surface area contributed by atoms with E-state index in [1.807, 2.05) is 11.8 Å². The maximum atomic E-state index is 12.3. The minimum atomic E-state index is -0.164. The molecule has 0 radical (unpaired) electrons. The van der Waals surface area contributed by atoms with Crippen LogP contribution in [0.25, 0.3) is 0 Å². The van der Waals surface area contributed by atoms with Crippen molar-refractivity contribution in [1.29, 1.82) is 0 Å². The highest BCUT2D eigenvalue weighted by molar-refractivity contribution is 5.85. The molecule has 1 saturated heterocycles. The van der Waals surface area contributed by atoms with Gasteiger partial charge in [0.2, 0.25) is 11.9 Å². The van der Waals surface area contributed by atoms with Gasteiger partial charge in [0.1, 0.15) is 6.04 Å². The first kappa shape index (κ1) is 15.7. The van der Waals surface area contributed by atoms with Crippen LogP contribution in [0.4, 0.5) is 5.95 Å². The van der Waals surface area contributed by atoms with Crippen LogP contribution in [-0.4, -0.2) is 46.7 Å². The van der Waals surface area contributed by atoms with E-state index in [-0.39, 0.29) is 18.6 Å². The molecule has 1 aliphatic rings. The first-order chi connectivity index (χ1) is 10.2. The van der Waals surface area contributed by atoms with Crippen LogP contribution in [0.15, 0.2) is 18.5 Å². The number of nitrogens with one attached hydrogen (secondary N) is 1. The van der Waals surface area contributed by atoms with Gasteiger partial charge in [-0.15, -0.1) is 0 Å². The number of carbonyl (C=O) groups is 1. The molecule has 0 aliphatic carbocycles. The number of aromatic nitrogens is 2. The van der Waals surface area contributed by atoms with Crippen LogP contribution in [0.3, 0.4) is 0 Å². The second-order valence-corrected chi connectivity index (χ2v) is 5.62. The molecule has 116 valence electrons. The average Bonchev–Trinajstić information content (AvgIpc) is 3.01. The lowest BCUT2D eigenvalue weighted by Gasteiger charge is -2.23. The number of amides is 1. The Balaban J connectivity index is 1.81. The molecule has 1 amide bonds. The number of rotatable bonds is 7. The Morgan fingerprint density at radius 1 is 1.52 bits per heavy atom. The molecule has 2 N–H and O–H groups in total. The van der Waals surface area contributed by atoms with Gasteiger partial charge in [0.25, 0.3) is 0 Å². The number of aliphatic hydroxyl groups is 1. The summed E-state index contributed by atoms with van der Waals surface area (Å²) < 4.78 is 0. The van der Waals surface area contributed by atoms with E-state index in [1.54, 1.807) is 18.5 Å². The van der Waals surface area contributed by atoms with Crippen LogP contribution in [0.1, 0.15) is 32.6 Å². The number of hydrogen-bond acceptors (Lipinski definition) is 5. The van der Waals surface area contributed by atoms with Gasteiger partial charge in [-0.05, 0) is 37.7 Å². The zero-order valence-corrected chi connectivity index (χ0v) is 12.5. The van der Waals surface area contributed by atoms with Crippen LogP contribution in [-0.2, 0) is 4.79 Å². The molecule has 1 aromatic heterocycles. The highest BCUT2D eigenvalue weighted by Crippen LogP contribution is 2.21. The molecule has 0 saturated carbocycles. The van der Waals surface area contributed by atoms with Gasteiger partial charge in [0.05, 0.1) is 0 Å². The van der Waals surface area contributed by atoms with Crippen LogP contribution >= 0.6 is 0 Å². The Morgan fingerprint density at radius 2 is 2.29 bits per heavy atom. The van der Waals surface area contributed by atoms with Crippen molar-refractivity contribution in [2.45, 2.75) is 38.6 Å². The van der Waals surface area contributed by atoms with Gasteiger partial charge < -0.3 is 15.3 Å². The maximum absolute atomic E-state index is 12.3. The summed E-state index contributed by atoms with van der Waals surface area (Å²) in [6.45, 7) is 3.69. The van der Waals surface area contributed by atoms with Crippen LogP contribution in [0, 0.1) is 5.92 Å². The van der Waals surface area contributed by atoms with Gasteiger partial charge >= 0.3 is 0 Å². The molecule has 1 aromatic rings. The molecule has 1 fully saturated rings. The summed E-state index contributed by atoms with van der Waals surface area (Å²) in [7, 11) is 0. The van der Waals surface area contributed by atoms with Crippen molar-refractivity contribution in [2.75, 3.05) is 24.6 Å². The van der Waals surface area contributed by atoms with E-state index in [4.69, 9.17) is 5.11 Å². The third-order valence-electron chi connectivity index (χ3n) is 3.85. The van der Waals surface area contributed by atoms with E-state index >= 15 is 0 Å². The van der Waals surface area contributed by atoms with E-state index in [9.17, 15) is 4.79 Å². The topological polar surface area (TPSA) is 78.4 Å². The lowest BCUT2D eigenvalue weighted by Crippen LogP contribution is -2.44. The van der Waals surface area contributed by atoms with E-state index < -0.39 is 0 Å². The zero-order chi connectivity index (χ0) is 15.1. The Bertz CT molecular complexity index is 441. The molecule has 2 unspecified atom stereocenters. The fraction of sp³-hybridized carbons (Fsp3) is 0.667. The fourth-order valence-electron chi connectivity index (χ4n) is 2.59. The predicted octanol–water partition coefficient (Wildman–Crippen LogP) is 0.970. The quantitative estimate of drug-likeness (QED) is 0.732. The van der Waals surface area contributed by atoms with Gasteiger partial charge in [-0.2, -0.15) is 0 Å². The SMILES string of the molecule is CC(CO)CCCNC(=O)C1CCCN1c1ncccn1. The number of aliphatic hydroxyl groups excluding tert-OH is 1. The average molecular weight is 292 g/mol. The Hall–Kier alpha value is -1.69. The van der Waals surface area contributed by atoms with Crippen molar-refractivity contribution in [2.24, 2.45) is 5.92 Å². The molecular formula is C15H24N4O2. The fourth-order valence-corrected chi connectivity index (χ4v) is 2.59. The standard InChI is InChI=1S/C15H24N4O2/c1-12(11-20)5-2-7-16-14(21)13-6-3-10-19(13)15-17-8-4-9-18-15/h4,8-9,12-13,20H,2-3,5-7,10-11H2,1H3,(H,16,21). The largest absolute Gasteiger partial charge is 0.396 e. The molecular weight excluding hydrogens is 268 g/mol. The molecule has 2 heterocycles. The molecule has 6 nitrogen and oxygen atoms in total. The van der Waals surface area contributed by atoms with Gasteiger partial charge in [-0.1, -0.05) is 6.92 Å². The Morgan fingerprint density at radius 3 is 3.00 bits per heavy atom. The first-order valence-electron chi connectivity index (χ1n) is 7.64. The summed E-state index contributed by atoms with van der Waals surface area (Å²) >= 11 is 0. The lowest BCUT2D eigenvalue weighted by molar-refractivity contribution is -0.122. The van der Waals surface area contributed by atoms with Gasteiger partial charge in [-0.25, -0.2) is 9.97 Å². The van der Waals surface area contributed by atoms with Crippen molar-refractivity contribution in [3.8, 4) is 0 Å². The maximum Gasteiger partial charge on any atom is 0.242 e. The van der Waals surface area contributed by atoms with Gasteiger partial charge in [0.15, 0.2) is 0 Å². The normalized spacial score (nSPS) is 19.5. The molecule has 0 spiro atoms. The van der Waals surface area contributed by atoms with Crippen LogP contribution in [0.2, 0.25) is 0 Å². The van der Waals surface area contributed by atoms with Crippen molar-refractivity contribution < 1.29 is 9.90 Å². The molecule has 2 atom stereocenters. The number of carbonyl (C=O) groups excluding carboxylic acids is 1. The Kier molecular flexibility index (Phi) is 5.92. The number of nitrogens with zero attached hydrogens (tertiary/aromatic N) is 3. The molecule has 0 aromatic carbocycles.